The highest BCUT2D eigenvalue weighted by molar-refractivity contribution is 7.89. The summed E-state index contributed by atoms with van der Waals surface area (Å²) in [6.45, 7) is -1.51. The van der Waals surface area contributed by atoms with Crippen molar-refractivity contribution >= 4 is 15.7 Å². The Morgan fingerprint density at radius 2 is 1.80 bits per heavy atom. The second-order valence-electron chi connectivity index (χ2n) is 3.72. The van der Waals surface area contributed by atoms with Crippen LogP contribution in [0.3, 0.4) is 0 Å². The Bertz CT molecular complexity index is 585. The number of benzene rings is 1. The third-order valence-electron chi connectivity index (χ3n) is 2.45. The van der Waals surface area contributed by atoms with E-state index < -0.39 is 44.6 Å². The fraction of sp³-hybridized carbons (Fsp3) is 0.400. The van der Waals surface area contributed by atoms with Crippen LogP contribution in [0, 0.1) is 15.9 Å². The zero-order valence-corrected chi connectivity index (χ0v) is 11.1. The fourth-order valence-electron chi connectivity index (χ4n) is 1.52. The van der Waals surface area contributed by atoms with Gasteiger partial charge in [0.05, 0.1) is 23.0 Å². The first kappa shape index (κ1) is 16.4. The summed E-state index contributed by atoms with van der Waals surface area (Å²) in [6, 6.07) is 2.19. The highest BCUT2D eigenvalue weighted by atomic mass is 32.2. The summed E-state index contributed by atoms with van der Waals surface area (Å²) < 4.78 is 38.4. The third kappa shape index (κ3) is 3.48. The Morgan fingerprint density at radius 3 is 2.20 bits per heavy atom. The van der Waals surface area contributed by atoms with E-state index in [1.165, 1.54) is 0 Å². The fourth-order valence-corrected chi connectivity index (χ4v) is 2.96. The van der Waals surface area contributed by atoms with Crippen molar-refractivity contribution < 1.29 is 27.9 Å². The van der Waals surface area contributed by atoms with Crippen LogP contribution in [0.2, 0.25) is 0 Å². The lowest BCUT2D eigenvalue weighted by Crippen LogP contribution is -2.35. The van der Waals surface area contributed by atoms with Crippen molar-refractivity contribution in [1.82, 2.24) is 4.31 Å². The van der Waals surface area contributed by atoms with Gasteiger partial charge < -0.3 is 10.2 Å². The van der Waals surface area contributed by atoms with Crippen molar-refractivity contribution in [1.29, 1.82) is 0 Å². The molecule has 0 aliphatic carbocycles. The Kier molecular flexibility index (Phi) is 5.51. The van der Waals surface area contributed by atoms with E-state index in [0.29, 0.717) is 6.07 Å². The molecule has 0 bridgehead atoms. The zero-order valence-electron chi connectivity index (χ0n) is 10.3. The van der Waals surface area contributed by atoms with Crippen molar-refractivity contribution in [3.8, 4) is 0 Å². The van der Waals surface area contributed by atoms with Crippen LogP contribution in [0.25, 0.3) is 0 Å². The van der Waals surface area contributed by atoms with Crippen LogP contribution in [0.15, 0.2) is 23.1 Å². The number of nitro groups is 1. The van der Waals surface area contributed by atoms with Gasteiger partial charge in [0.1, 0.15) is 0 Å². The minimum Gasteiger partial charge on any atom is -0.395 e. The minimum absolute atomic E-state index is 0.276. The lowest BCUT2D eigenvalue weighted by atomic mass is 10.3. The molecule has 0 unspecified atom stereocenters. The van der Waals surface area contributed by atoms with Gasteiger partial charge in [-0.15, -0.1) is 0 Å². The van der Waals surface area contributed by atoms with Crippen molar-refractivity contribution in [2.24, 2.45) is 0 Å². The number of nitro benzene ring substituents is 1. The summed E-state index contributed by atoms with van der Waals surface area (Å²) in [5.41, 5.74) is -0.834. The van der Waals surface area contributed by atoms with Gasteiger partial charge in [0.2, 0.25) is 15.8 Å². The molecule has 1 aromatic rings. The number of hydrogen-bond acceptors (Lipinski definition) is 6. The predicted octanol–water partition coefficient (Wildman–Crippen LogP) is -0.291. The predicted molar refractivity (Wildman–Crippen MR) is 66.0 cm³/mol. The van der Waals surface area contributed by atoms with Crippen molar-refractivity contribution in [2.45, 2.75) is 4.90 Å². The van der Waals surface area contributed by atoms with Crippen molar-refractivity contribution in [3.63, 3.8) is 0 Å². The smallest absolute Gasteiger partial charge is 0.304 e. The zero-order chi connectivity index (χ0) is 15.3. The number of halogens is 1. The molecule has 0 radical (unpaired) electrons. The van der Waals surface area contributed by atoms with E-state index in [-0.39, 0.29) is 13.1 Å². The van der Waals surface area contributed by atoms with Gasteiger partial charge in [-0.25, -0.2) is 8.42 Å². The number of aliphatic hydroxyl groups excluding tert-OH is 2. The summed E-state index contributed by atoms with van der Waals surface area (Å²) in [4.78, 5) is 9.01. The van der Waals surface area contributed by atoms with Gasteiger partial charge in [-0.2, -0.15) is 8.70 Å². The lowest BCUT2D eigenvalue weighted by Gasteiger charge is -2.20. The van der Waals surface area contributed by atoms with E-state index in [1.807, 2.05) is 0 Å². The molecule has 0 amide bonds. The van der Waals surface area contributed by atoms with Gasteiger partial charge in [-0.05, 0) is 6.07 Å². The molecule has 1 rings (SSSR count). The summed E-state index contributed by atoms with van der Waals surface area (Å²) in [5, 5.41) is 28.0. The van der Waals surface area contributed by atoms with Crippen LogP contribution in [0.4, 0.5) is 10.1 Å². The van der Waals surface area contributed by atoms with E-state index in [0.717, 1.165) is 16.4 Å². The molecule has 0 saturated carbocycles. The first-order chi connectivity index (χ1) is 9.34. The molecule has 0 aromatic heterocycles. The molecule has 0 saturated heterocycles. The summed E-state index contributed by atoms with van der Waals surface area (Å²) in [5.74, 6) is -1.27. The molecule has 1 aromatic carbocycles. The molecule has 0 fully saturated rings. The van der Waals surface area contributed by atoms with Gasteiger partial charge in [0, 0.05) is 25.2 Å². The SMILES string of the molecule is O=[N+]([O-])c1ccc(S(=O)(=O)N(CCO)CCO)cc1F. The molecule has 0 aliphatic rings. The summed E-state index contributed by atoms with van der Waals surface area (Å²) in [6.07, 6.45) is 0. The third-order valence-corrected chi connectivity index (χ3v) is 4.35. The Labute approximate surface area is 114 Å². The number of nitrogens with zero attached hydrogens (tertiary/aromatic N) is 2. The van der Waals surface area contributed by atoms with E-state index in [2.05, 4.69) is 0 Å². The molecule has 10 heteroatoms. The van der Waals surface area contributed by atoms with Crippen molar-refractivity contribution in [2.75, 3.05) is 26.3 Å². The Hall–Kier alpha value is -1.62. The maximum atomic E-state index is 13.4. The monoisotopic (exact) mass is 308 g/mol. The molecule has 112 valence electrons. The molecule has 0 spiro atoms. The molecule has 20 heavy (non-hydrogen) atoms. The normalized spacial score (nSPS) is 11.8. The van der Waals surface area contributed by atoms with Gasteiger partial charge in [0.15, 0.2) is 0 Å². The second kappa shape index (κ2) is 6.70. The van der Waals surface area contributed by atoms with Crippen molar-refractivity contribution in [3.05, 3.63) is 34.1 Å². The average molecular weight is 308 g/mol. The van der Waals surface area contributed by atoms with Gasteiger partial charge in [-0.1, -0.05) is 0 Å². The quantitative estimate of drug-likeness (QED) is 0.527. The molecule has 0 atom stereocenters. The highest BCUT2D eigenvalue weighted by Gasteiger charge is 2.26. The topological polar surface area (TPSA) is 121 Å². The number of hydrogen-bond donors (Lipinski definition) is 2. The maximum absolute atomic E-state index is 13.4. The highest BCUT2D eigenvalue weighted by Crippen LogP contribution is 2.23. The van der Waals surface area contributed by atoms with E-state index in [9.17, 15) is 22.9 Å². The van der Waals surface area contributed by atoms with Crippen LogP contribution >= 0.6 is 0 Å². The van der Waals surface area contributed by atoms with E-state index in [1.54, 1.807) is 0 Å². The molecule has 0 aliphatic heterocycles. The first-order valence-corrected chi connectivity index (χ1v) is 6.94. The molecule has 0 heterocycles. The lowest BCUT2D eigenvalue weighted by molar-refractivity contribution is -0.387. The Morgan fingerprint density at radius 1 is 1.25 bits per heavy atom. The van der Waals surface area contributed by atoms with Crippen LogP contribution < -0.4 is 0 Å². The van der Waals surface area contributed by atoms with E-state index in [4.69, 9.17) is 10.2 Å². The van der Waals surface area contributed by atoms with Crippen LogP contribution in [0.5, 0.6) is 0 Å². The maximum Gasteiger partial charge on any atom is 0.304 e. The molecular weight excluding hydrogens is 295 g/mol. The second-order valence-corrected chi connectivity index (χ2v) is 5.66. The summed E-state index contributed by atoms with van der Waals surface area (Å²) in [7, 11) is -4.14. The van der Waals surface area contributed by atoms with Crippen LogP contribution in [-0.4, -0.2) is 54.2 Å². The minimum atomic E-state index is -4.14. The Balaban J connectivity index is 3.20. The van der Waals surface area contributed by atoms with Gasteiger partial charge in [-0.3, -0.25) is 10.1 Å². The van der Waals surface area contributed by atoms with Gasteiger partial charge >= 0.3 is 5.69 Å². The number of rotatable bonds is 7. The summed E-state index contributed by atoms with van der Waals surface area (Å²) >= 11 is 0. The standard InChI is InChI=1S/C10H13FN2O6S/c11-9-7-8(1-2-10(9)13(16)17)20(18,19)12(3-5-14)4-6-15/h1-2,7,14-15H,3-6H2. The molecular formula is C10H13FN2O6S. The molecule has 8 nitrogen and oxygen atoms in total. The van der Waals surface area contributed by atoms with Crippen LogP contribution in [0.1, 0.15) is 0 Å². The van der Waals surface area contributed by atoms with Gasteiger partial charge in [0.25, 0.3) is 0 Å². The first-order valence-electron chi connectivity index (χ1n) is 5.50. The number of aliphatic hydroxyl groups is 2. The largest absolute Gasteiger partial charge is 0.395 e. The van der Waals surface area contributed by atoms with E-state index >= 15 is 0 Å². The average Bonchev–Trinajstić information content (AvgIpc) is 2.37. The van der Waals surface area contributed by atoms with Crippen LogP contribution in [-0.2, 0) is 10.0 Å². The number of sulfonamides is 1. The molecule has 2 N–H and O–H groups in total.